The SMILES string of the molecule is Cc1ccc(C2=NC3(CCN(CC(=O)Nc4ccccc4F)CC3)NC2=O)cc1. The fraction of sp³-hybridized carbons (Fsp3) is 0.318. The molecule has 0 unspecified atom stereocenters. The Morgan fingerprint density at radius 2 is 1.86 bits per heavy atom. The first-order valence-corrected chi connectivity index (χ1v) is 9.70. The molecule has 2 aliphatic heterocycles. The summed E-state index contributed by atoms with van der Waals surface area (Å²) >= 11 is 0. The maximum Gasteiger partial charge on any atom is 0.272 e. The van der Waals surface area contributed by atoms with Gasteiger partial charge in [0, 0.05) is 31.5 Å². The van der Waals surface area contributed by atoms with Crippen LogP contribution in [0.1, 0.15) is 24.0 Å². The summed E-state index contributed by atoms with van der Waals surface area (Å²) in [7, 11) is 0. The number of nitrogens with one attached hydrogen (secondary N) is 2. The molecule has 2 aromatic rings. The number of hydrogen-bond acceptors (Lipinski definition) is 4. The average Bonchev–Trinajstić information content (AvgIpc) is 3.02. The molecule has 1 saturated heterocycles. The largest absolute Gasteiger partial charge is 0.326 e. The van der Waals surface area contributed by atoms with Crippen LogP contribution in [-0.4, -0.2) is 47.7 Å². The lowest BCUT2D eigenvalue weighted by molar-refractivity contribution is -0.119. The third-order valence-corrected chi connectivity index (χ3v) is 5.41. The second kappa shape index (κ2) is 7.75. The van der Waals surface area contributed by atoms with Crippen LogP contribution in [0.5, 0.6) is 0 Å². The molecule has 0 aliphatic carbocycles. The molecule has 2 aromatic carbocycles. The summed E-state index contributed by atoms with van der Waals surface area (Å²) in [6.07, 6.45) is 1.25. The number of piperidine rings is 1. The van der Waals surface area contributed by atoms with Gasteiger partial charge in [0.25, 0.3) is 5.91 Å². The second-order valence-corrected chi connectivity index (χ2v) is 7.62. The number of nitrogens with zero attached hydrogens (tertiary/aromatic N) is 2. The van der Waals surface area contributed by atoms with Gasteiger partial charge in [-0.2, -0.15) is 0 Å². The van der Waals surface area contributed by atoms with E-state index in [4.69, 9.17) is 4.99 Å². The van der Waals surface area contributed by atoms with Crippen LogP contribution in [0.2, 0.25) is 0 Å². The van der Waals surface area contributed by atoms with Gasteiger partial charge in [0.1, 0.15) is 17.2 Å². The standard InChI is InChI=1S/C22H23FN4O2/c1-15-6-8-16(9-7-15)20-21(29)26-22(25-20)10-12-27(13-11-22)14-19(28)24-18-5-3-2-4-17(18)23/h2-9H,10-14H2,1H3,(H,24,28)(H,26,29). The van der Waals surface area contributed by atoms with Crippen LogP contribution in [0, 0.1) is 12.7 Å². The summed E-state index contributed by atoms with van der Waals surface area (Å²) in [4.78, 5) is 31.4. The van der Waals surface area contributed by atoms with Crippen LogP contribution in [0.3, 0.4) is 0 Å². The van der Waals surface area contributed by atoms with E-state index in [2.05, 4.69) is 10.6 Å². The molecule has 6 nitrogen and oxygen atoms in total. The number of carbonyl (C=O) groups excluding carboxylic acids is 2. The van der Waals surface area contributed by atoms with Crippen LogP contribution in [0.4, 0.5) is 10.1 Å². The van der Waals surface area contributed by atoms with Crippen molar-refractivity contribution in [3.63, 3.8) is 0 Å². The summed E-state index contributed by atoms with van der Waals surface area (Å²) in [5.74, 6) is -0.866. The van der Waals surface area contributed by atoms with Crippen LogP contribution in [0.25, 0.3) is 0 Å². The van der Waals surface area contributed by atoms with Crippen LogP contribution >= 0.6 is 0 Å². The molecule has 2 amide bonds. The van der Waals surface area contributed by atoms with E-state index in [0.29, 0.717) is 31.6 Å². The molecule has 1 spiro atoms. The summed E-state index contributed by atoms with van der Waals surface area (Å²) in [5.41, 5.74) is 1.99. The normalized spacial score (nSPS) is 18.4. The highest BCUT2D eigenvalue weighted by Gasteiger charge is 2.42. The summed E-state index contributed by atoms with van der Waals surface area (Å²) in [6.45, 7) is 3.41. The molecule has 0 saturated carbocycles. The van der Waals surface area contributed by atoms with Crippen molar-refractivity contribution in [3.05, 3.63) is 65.5 Å². The van der Waals surface area contributed by atoms with Gasteiger partial charge in [0.2, 0.25) is 5.91 Å². The molecule has 2 heterocycles. The molecule has 29 heavy (non-hydrogen) atoms. The zero-order chi connectivity index (χ0) is 20.4. The fourth-order valence-corrected chi connectivity index (χ4v) is 3.74. The van der Waals surface area contributed by atoms with Crippen molar-refractivity contribution in [2.75, 3.05) is 25.0 Å². The van der Waals surface area contributed by atoms with Crippen LogP contribution < -0.4 is 10.6 Å². The number of rotatable bonds is 4. The number of halogens is 1. The van der Waals surface area contributed by atoms with E-state index < -0.39 is 11.5 Å². The number of likely N-dealkylation sites (tertiary alicyclic amines) is 1. The van der Waals surface area contributed by atoms with Crippen LogP contribution in [0.15, 0.2) is 53.5 Å². The van der Waals surface area contributed by atoms with Crippen molar-refractivity contribution < 1.29 is 14.0 Å². The zero-order valence-corrected chi connectivity index (χ0v) is 16.2. The Kier molecular flexibility index (Phi) is 5.15. The van der Waals surface area contributed by atoms with E-state index in [1.807, 2.05) is 36.1 Å². The molecule has 0 atom stereocenters. The summed E-state index contributed by atoms with van der Waals surface area (Å²) in [5, 5.41) is 5.64. The van der Waals surface area contributed by atoms with Gasteiger partial charge < -0.3 is 10.6 Å². The highest BCUT2D eigenvalue weighted by Crippen LogP contribution is 2.29. The molecule has 7 heteroatoms. The fourth-order valence-electron chi connectivity index (χ4n) is 3.74. The Balaban J connectivity index is 1.36. The topological polar surface area (TPSA) is 73.8 Å². The van der Waals surface area contributed by atoms with Crippen LogP contribution in [-0.2, 0) is 9.59 Å². The summed E-state index contributed by atoms with van der Waals surface area (Å²) < 4.78 is 13.7. The lowest BCUT2D eigenvalue weighted by atomic mass is 9.98. The lowest BCUT2D eigenvalue weighted by Crippen LogP contribution is -2.52. The van der Waals surface area contributed by atoms with Gasteiger partial charge in [0.05, 0.1) is 12.2 Å². The monoisotopic (exact) mass is 394 g/mol. The average molecular weight is 394 g/mol. The maximum atomic E-state index is 13.7. The number of benzene rings is 2. The van der Waals surface area contributed by atoms with Gasteiger partial charge >= 0.3 is 0 Å². The number of para-hydroxylation sites is 1. The molecule has 2 N–H and O–H groups in total. The number of anilines is 1. The molecule has 0 aromatic heterocycles. The van der Waals surface area contributed by atoms with E-state index in [-0.39, 0.29) is 24.0 Å². The number of hydrogen-bond donors (Lipinski definition) is 2. The predicted octanol–water partition coefficient (Wildman–Crippen LogP) is 2.48. The number of carbonyl (C=O) groups is 2. The first kappa shape index (κ1) is 19.3. The third kappa shape index (κ3) is 4.19. The van der Waals surface area contributed by atoms with Crippen molar-refractivity contribution in [2.24, 2.45) is 4.99 Å². The minimum absolute atomic E-state index is 0.153. The molecular formula is C22H23FN4O2. The molecule has 4 rings (SSSR count). The van der Waals surface area contributed by atoms with Gasteiger partial charge in [-0.1, -0.05) is 42.0 Å². The number of amides is 2. The quantitative estimate of drug-likeness (QED) is 0.837. The number of aliphatic imine (C=N–C) groups is 1. The highest BCUT2D eigenvalue weighted by atomic mass is 19.1. The van der Waals surface area contributed by atoms with Gasteiger partial charge in [0.15, 0.2) is 0 Å². The van der Waals surface area contributed by atoms with Gasteiger partial charge in [-0.15, -0.1) is 0 Å². The molecule has 0 radical (unpaired) electrons. The molecular weight excluding hydrogens is 371 g/mol. The van der Waals surface area contributed by atoms with Crippen molar-refractivity contribution in [2.45, 2.75) is 25.4 Å². The summed E-state index contributed by atoms with van der Waals surface area (Å²) in [6, 6.07) is 13.9. The Bertz CT molecular complexity index is 963. The van der Waals surface area contributed by atoms with Crippen molar-refractivity contribution in [1.29, 1.82) is 0 Å². The Hall–Kier alpha value is -3.06. The van der Waals surface area contributed by atoms with E-state index in [1.54, 1.807) is 12.1 Å². The highest BCUT2D eigenvalue weighted by molar-refractivity contribution is 6.46. The van der Waals surface area contributed by atoms with Gasteiger partial charge in [-0.25, -0.2) is 4.39 Å². The Morgan fingerprint density at radius 1 is 1.17 bits per heavy atom. The van der Waals surface area contributed by atoms with E-state index in [9.17, 15) is 14.0 Å². The van der Waals surface area contributed by atoms with Crippen molar-refractivity contribution in [1.82, 2.24) is 10.2 Å². The maximum absolute atomic E-state index is 13.7. The van der Waals surface area contributed by atoms with Crippen molar-refractivity contribution >= 4 is 23.2 Å². The Morgan fingerprint density at radius 3 is 2.55 bits per heavy atom. The van der Waals surface area contributed by atoms with Gasteiger partial charge in [-0.3, -0.25) is 19.5 Å². The second-order valence-electron chi connectivity index (χ2n) is 7.62. The minimum atomic E-state index is -0.601. The molecule has 150 valence electrons. The predicted molar refractivity (Wildman–Crippen MR) is 109 cm³/mol. The van der Waals surface area contributed by atoms with Crippen molar-refractivity contribution in [3.8, 4) is 0 Å². The minimum Gasteiger partial charge on any atom is -0.326 e. The third-order valence-electron chi connectivity index (χ3n) is 5.41. The van der Waals surface area contributed by atoms with E-state index in [0.717, 1.165) is 11.1 Å². The molecule has 2 aliphatic rings. The Labute approximate surface area is 168 Å². The first-order valence-electron chi connectivity index (χ1n) is 9.70. The smallest absolute Gasteiger partial charge is 0.272 e. The van der Waals surface area contributed by atoms with E-state index >= 15 is 0 Å². The van der Waals surface area contributed by atoms with E-state index in [1.165, 1.54) is 12.1 Å². The molecule has 0 bridgehead atoms. The zero-order valence-electron chi connectivity index (χ0n) is 16.2. The first-order chi connectivity index (χ1) is 13.9. The number of aryl methyl sites for hydroxylation is 1. The lowest BCUT2D eigenvalue weighted by Gasteiger charge is -2.36. The molecule has 1 fully saturated rings. The van der Waals surface area contributed by atoms with Gasteiger partial charge in [-0.05, 0) is 19.1 Å².